The Morgan fingerprint density at radius 3 is 2.86 bits per heavy atom. The fourth-order valence-corrected chi connectivity index (χ4v) is 4.40. The third-order valence-corrected chi connectivity index (χ3v) is 5.89. The van der Waals surface area contributed by atoms with E-state index in [2.05, 4.69) is 10.3 Å². The normalized spacial score (nSPS) is 24.7. The molecule has 3 atom stereocenters. The molecular formula is C15H23FN2O2S. The van der Waals surface area contributed by atoms with Crippen LogP contribution in [0.5, 0.6) is 0 Å². The van der Waals surface area contributed by atoms with E-state index in [0.717, 1.165) is 12.8 Å². The van der Waals surface area contributed by atoms with Crippen LogP contribution in [-0.4, -0.2) is 31.5 Å². The molecule has 1 fully saturated rings. The SMILES string of the molecule is CCNC(c1ncccc1F)C1CCCC(S(C)(=O)=O)C1. The van der Waals surface area contributed by atoms with Crippen molar-refractivity contribution < 1.29 is 12.8 Å². The number of rotatable bonds is 5. The van der Waals surface area contributed by atoms with Crippen LogP contribution < -0.4 is 5.32 Å². The monoisotopic (exact) mass is 314 g/mol. The number of sulfone groups is 1. The first-order chi connectivity index (χ1) is 9.93. The van der Waals surface area contributed by atoms with Crippen LogP contribution in [0.25, 0.3) is 0 Å². The molecule has 2 rings (SSSR count). The second-order valence-electron chi connectivity index (χ2n) is 5.78. The highest BCUT2D eigenvalue weighted by atomic mass is 32.2. The lowest BCUT2D eigenvalue weighted by atomic mass is 9.82. The second kappa shape index (κ2) is 6.83. The molecule has 1 aromatic heterocycles. The molecule has 1 aliphatic rings. The zero-order valence-corrected chi connectivity index (χ0v) is 13.4. The van der Waals surface area contributed by atoms with E-state index < -0.39 is 9.84 Å². The summed E-state index contributed by atoms with van der Waals surface area (Å²) in [5.74, 6) is -0.229. The van der Waals surface area contributed by atoms with Crippen molar-refractivity contribution in [2.75, 3.05) is 12.8 Å². The summed E-state index contributed by atoms with van der Waals surface area (Å²) in [7, 11) is -3.04. The molecule has 3 unspecified atom stereocenters. The smallest absolute Gasteiger partial charge is 0.150 e. The molecule has 0 aromatic carbocycles. The van der Waals surface area contributed by atoms with Crippen molar-refractivity contribution in [3.63, 3.8) is 0 Å². The molecule has 21 heavy (non-hydrogen) atoms. The lowest BCUT2D eigenvalue weighted by Gasteiger charge is -2.34. The summed E-state index contributed by atoms with van der Waals surface area (Å²) in [4.78, 5) is 4.17. The van der Waals surface area contributed by atoms with E-state index >= 15 is 0 Å². The Hall–Kier alpha value is -1.01. The Kier molecular flexibility index (Phi) is 5.32. The van der Waals surface area contributed by atoms with Crippen molar-refractivity contribution in [1.82, 2.24) is 10.3 Å². The van der Waals surface area contributed by atoms with E-state index in [1.165, 1.54) is 12.3 Å². The fourth-order valence-electron chi connectivity index (χ4n) is 3.21. The Labute approximate surface area is 126 Å². The summed E-state index contributed by atoms with van der Waals surface area (Å²) in [5, 5.41) is 2.97. The van der Waals surface area contributed by atoms with Gasteiger partial charge in [-0.05, 0) is 43.9 Å². The average molecular weight is 314 g/mol. The van der Waals surface area contributed by atoms with Crippen molar-refractivity contribution >= 4 is 9.84 Å². The molecule has 4 nitrogen and oxygen atoms in total. The first-order valence-corrected chi connectivity index (χ1v) is 9.41. The first kappa shape index (κ1) is 16.4. The number of hydrogen-bond acceptors (Lipinski definition) is 4. The van der Waals surface area contributed by atoms with Gasteiger partial charge in [0, 0.05) is 12.5 Å². The molecule has 1 aromatic rings. The average Bonchev–Trinajstić information content (AvgIpc) is 2.45. The fraction of sp³-hybridized carbons (Fsp3) is 0.667. The summed E-state index contributed by atoms with van der Waals surface area (Å²) in [6.45, 7) is 2.66. The van der Waals surface area contributed by atoms with Crippen LogP contribution in [0.15, 0.2) is 18.3 Å². The van der Waals surface area contributed by atoms with Crippen LogP contribution >= 0.6 is 0 Å². The highest BCUT2D eigenvalue weighted by molar-refractivity contribution is 7.91. The van der Waals surface area contributed by atoms with Gasteiger partial charge in [0.25, 0.3) is 0 Å². The molecule has 1 saturated carbocycles. The van der Waals surface area contributed by atoms with E-state index in [-0.39, 0.29) is 23.0 Å². The topological polar surface area (TPSA) is 59.1 Å². The maximum Gasteiger partial charge on any atom is 0.150 e. The van der Waals surface area contributed by atoms with Crippen LogP contribution in [0.3, 0.4) is 0 Å². The molecular weight excluding hydrogens is 291 g/mol. The molecule has 0 amide bonds. The molecule has 118 valence electrons. The predicted octanol–water partition coefficient (Wildman–Crippen LogP) is 2.47. The van der Waals surface area contributed by atoms with Gasteiger partial charge in [0.05, 0.1) is 17.0 Å². The summed E-state index contributed by atoms with van der Waals surface area (Å²) < 4.78 is 37.6. The molecule has 6 heteroatoms. The van der Waals surface area contributed by atoms with Crippen molar-refractivity contribution in [2.45, 2.75) is 43.9 Å². The summed E-state index contributed by atoms with van der Waals surface area (Å²) in [6, 6.07) is 2.76. The van der Waals surface area contributed by atoms with Gasteiger partial charge in [-0.3, -0.25) is 4.98 Å². The quantitative estimate of drug-likeness (QED) is 0.907. The lowest BCUT2D eigenvalue weighted by Crippen LogP contribution is -2.36. The number of nitrogens with one attached hydrogen (secondary N) is 1. The third kappa shape index (κ3) is 4.01. The summed E-state index contributed by atoms with van der Waals surface area (Å²) in [5.41, 5.74) is 0.401. The van der Waals surface area contributed by atoms with Crippen molar-refractivity contribution in [1.29, 1.82) is 0 Å². The Bertz CT molecular complexity index is 577. The van der Waals surface area contributed by atoms with Gasteiger partial charge in [0.1, 0.15) is 15.7 Å². The van der Waals surface area contributed by atoms with E-state index in [0.29, 0.717) is 25.1 Å². The Balaban J connectivity index is 2.24. The highest BCUT2D eigenvalue weighted by Gasteiger charge is 2.34. The van der Waals surface area contributed by atoms with Crippen LogP contribution in [0.1, 0.15) is 44.3 Å². The van der Waals surface area contributed by atoms with Gasteiger partial charge >= 0.3 is 0 Å². The number of pyridine rings is 1. The van der Waals surface area contributed by atoms with Gasteiger partial charge in [-0.1, -0.05) is 13.3 Å². The zero-order valence-electron chi connectivity index (χ0n) is 12.5. The Morgan fingerprint density at radius 1 is 1.48 bits per heavy atom. The summed E-state index contributed by atoms with van der Waals surface area (Å²) in [6.07, 6.45) is 5.92. The number of nitrogens with zero attached hydrogens (tertiary/aromatic N) is 1. The van der Waals surface area contributed by atoms with Crippen LogP contribution in [0.2, 0.25) is 0 Å². The molecule has 1 aliphatic carbocycles. The maximum absolute atomic E-state index is 14.0. The van der Waals surface area contributed by atoms with Gasteiger partial charge in [0.2, 0.25) is 0 Å². The number of aromatic nitrogens is 1. The zero-order chi connectivity index (χ0) is 15.5. The largest absolute Gasteiger partial charge is 0.309 e. The molecule has 0 bridgehead atoms. The standard InChI is InChI=1S/C15H23FN2O2S/c1-3-17-14(15-13(16)8-5-9-18-15)11-6-4-7-12(10-11)21(2,19)20/h5,8-9,11-12,14,17H,3-4,6-7,10H2,1-2H3. The van der Waals surface area contributed by atoms with E-state index in [4.69, 9.17) is 0 Å². The number of halogens is 1. The minimum absolute atomic E-state index is 0.0998. The molecule has 0 aliphatic heterocycles. The lowest BCUT2D eigenvalue weighted by molar-refractivity contribution is 0.266. The first-order valence-electron chi connectivity index (χ1n) is 7.46. The second-order valence-corrected chi connectivity index (χ2v) is 8.11. The molecule has 1 N–H and O–H groups in total. The molecule has 0 spiro atoms. The minimum atomic E-state index is -3.04. The van der Waals surface area contributed by atoms with E-state index in [1.54, 1.807) is 12.3 Å². The van der Waals surface area contributed by atoms with E-state index in [1.807, 2.05) is 6.92 Å². The molecule has 1 heterocycles. The minimum Gasteiger partial charge on any atom is -0.309 e. The van der Waals surface area contributed by atoms with Gasteiger partial charge in [-0.15, -0.1) is 0 Å². The van der Waals surface area contributed by atoms with Crippen molar-refractivity contribution in [2.24, 2.45) is 5.92 Å². The summed E-state index contributed by atoms with van der Waals surface area (Å²) >= 11 is 0. The van der Waals surface area contributed by atoms with Crippen LogP contribution in [-0.2, 0) is 9.84 Å². The number of hydrogen-bond donors (Lipinski definition) is 1. The van der Waals surface area contributed by atoms with Gasteiger partial charge in [0.15, 0.2) is 0 Å². The molecule has 0 radical (unpaired) electrons. The van der Waals surface area contributed by atoms with Crippen LogP contribution in [0, 0.1) is 11.7 Å². The predicted molar refractivity (Wildman–Crippen MR) is 81.2 cm³/mol. The Morgan fingerprint density at radius 2 is 2.24 bits per heavy atom. The molecule has 0 saturated heterocycles. The van der Waals surface area contributed by atoms with Gasteiger partial charge in [-0.25, -0.2) is 12.8 Å². The highest BCUT2D eigenvalue weighted by Crippen LogP contribution is 2.36. The van der Waals surface area contributed by atoms with Crippen LogP contribution in [0.4, 0.5) is 4.39 Å². The maximum atomic E-state index is 14.0. The van der Waals surface area contributed by atoms with Gasteiger partial charge in [-0.2, -0.15) is 0 Å². The van der Waals surface area contributed by atoms with Gasteiger partial charge < -0.3 is 5.32 Å². The van der Waals surface area contributed by atoms with E-state index in [9.17, 15) is 12.8 Å². The third-order valence-electron chi connectivity index (χ3n) is 4.25. The van der Waals surface area contributed by atoms with Crippen molar-refractivity contribution in [3.05, 3.63) is 29.8 Å². The van der Waals surface area contributed by atoms with Crippen molar-refractivity contribution in [3.8, 4) is 0 Å².